The molecule has 0 aliphatic carbocycles. The van der Waals surface area contributed by atoms with Gasteiger partial charge in [0.2, 0.25) is 5.91 Å². The number of benzene rings is 1. The molecule has 1 aliphatic rings. The van der Waals surface area contributed by atoms with Gasteiger partial charge in [-0.25, -0.2) is 0 Å². The molecular weight excluding hydrogens is 224 g/mol. The van der Waals surface area contributed by atoms with Crippen LogP contribution in [0.4, 0.5) is 5.69 Å². The smallest absolute Gasteiger partial charge is 0.228 e. The van der Waals surface area contributed by atoms with Gasteiger partial charge in [-0.3, -0.25) is 4.79 Å². The summed E-state index contributed by atoms with van der Waals surface area (Å²) in [6.45, 7) is 6.01. The second-order valence-electron chi connectivity index (χ2n) is 4.94. The Hall–Kier alpha value is -1.35. The molecule has 0 spiro atoms. The van der Waals surface area contributed by atoms with E-state index in [0.29, 0.717) is 6.42 Å². The zero-order chi connectivity index (χ0) is 13.0. The third-order valence-corrected chi connectivity index (χ3v) is 3.50. The lowest BCUT2D eigenvalue weighted by Gasteiger charge is -2.29. The summed E-state index contributed by atoms with van der Waals surface area (Å²) in [6.07, 6.45) is 2.56. The van der Waals surface area contributed by atoms with Crippen LogP contribution in [-0.2, 0) is 11.2 Å². The predicted octanol–water partition coefficient (Wildman–Crippen LogP) is 2.35. The van der Waals surface area contributed by atoms with Crippen LogP contribution >= 0.6 is 0 Å². The van der Waals surface area contributed by atoms with E-state index in [-0.39, 0.29) is 11.9 Å². The van der Waals surface area contributed by atoms with Crippen LogP contribution in [0.1, 0.15) is 32.3 Å². The van der Waals surface area contributed by atoms with Crippen molar-refractivity contribution in [3.63, 3.8) is 0 Å². The van der Waals surface area contributed by atoms with Gasteiger partial charge in [-0.1, -0.05) is 25.1 Å². The molecule has 0 saturated carbocycles. The summed E-state index contributed by atoms with van der Waals surface area (Å²) >= 11 is 0. The molecule has 0 bridgehead atoms. The zero-order valence-electron chi connectivity index (χ0n) is 11.3. The molecule has 1 atom stereocenters. The van der Waals surface area contributed by atoms with Gasteiger partial charge in [0.15, 0.2) is 0 Å². The Morgan fingerprint density at radius 1 is 1.39 bits per heavy atom. The fraction of sp³-hybridized carbons (Fsp3) is 0.533. The Bertz CT molecular complexity index is 417. The number of nitrogens with zero attached hydrogens (tertiary/aromatic N) is 1. The van der Waals surface area contributed by atoms with Gasteiger partial charge in [-0.2, -0.15) is 0 Å². The van der Waals surface area contributed by atoms with E-state index in [1.807, 2.05) is 17.0 Å². The van der Waals surface area contributed by atoms with Gasteiger partial charge < -0.3 is 10.2 Å². The number of anilines is 1. The molecule has 1 N–H and O–H groups in total. The third-order valence-electron chi connectivity index (χ3n) is 3.50. The highest BCUT2D eigenvalue weighted by molar-refractivity contribution is 5.94. The van der Waals surface area contributed by atoms with E-state index in [1.165, 1.54) is 5.56 Å². The van der Waals surface area contributed by atoms with Crippen molar-refractivity contribution < 1.29 is 4.79 Å². The number of rotatable bonds is 2. The maximum absolute atomic E-state index is 12.3. The fourth-order valence-electron chi connectivity index (χ4n) is 2.48. The van der Waals surface area contributed by atoms with Crippen LogP contribution in [0.5, 0.6) is 0 Å². The van der Waals surface area contributed by atoms with Crippen LogP contribution < -0.4 is 10.2 Å². The number of para-hydroxylation sites is 1. The Labute approximate surface area is 109 Å². The van der Waals surface area contributed by atoms with Crippen LogP contribution in [0.3, 0.4) is 0 Å². The molecule has 2 rings (SSSR count). The molecular formula is C15H22N2O. The number of nitrogens with one attached hydrogen (secondary N) is 1. The molecule has 3 nitrogen and oxygen atoms in total. The molecule has 98 valence electrons. The lowest BCUT2D eigenvalue weighted by Crippen LogP contribution is -2.42. The van der Waals surface area contributed by atoms with Crippen molar-refractivity contribution in [2.24, 2.45) is 0 Å². The zero-order valence-corrected chi connectivity index (χ0v) is 11.3. The van der Waals surface area contributed by atoms with Crippen LogP contribution in [0.2, 0.25) is 0 Å². The minimum absolute atomic E-state index is 0.232. The van der Waals surface area contributed by atoms with E-state index in [1.54, 1.807) is 0 Å². The van der Waals surface area contributed by atoms with Gasteiger partial charge in [0, 0.05) is 24.7 Å². The standard InChI is InChI=1S/C15H22N2O/c1-3-13-7-4-5-8-14(13)17-10-6-9-16-12(2)11-15(17)18/h4-5,7-8,12,16H,3,6,9-11H2,1-2H3. The molecule has 1 aromatic carbocycles. The topological polar surface area (TPSA) is 32.3 Å². The number of carbonyl (C=O) groups is 1. The van der Waals surface area contributed by atoms with E-state index in [2.05, 4.69) is 31.3 Å². The van der Waals surface area contributed by atoms with Gasteiger partial charge in [0.1, 0.15) is 0 Å². The van der Waals surface area contributed by atoms with Gasteiger partial charge in [-0.15, -0.1) is 0 Å². The monoisotopic (exact) mass is 246 g/mol. The molecule has 0 aromatic heterocycles. The fourth-order valence-corrected chi connectivity index (χ4v) is 2.48. The summed E-state index contributed by atoms with van der Waals surface area (Å²) < 4.78 is 0. The van der Waals surface area contributed by atoms with Crippen LogP contribution in [0, 0.1) is 0 Å². The average molecular weight is 246 g/mol. The van der Waals surface area contributed by atoms with Crippen molar-refractivity contribution in [3.05, 3.63) is 29.8 Å². The number of aryl methyl sites for hydroxylation is 1. The van der Waals surface area contributed by atoms with E-state index in [0.717, 1.165) is 31.6 Å². The molecule has 1 aliphatic heterocycles. The van der Waals surface area contributed by atoms with Crippen molar-refractivity contribution in [3.8, 4) is 0 Å². The molecule has 1 heterocycles. The van der Waals surface area contributed by atoms with Crippen molar-refractivity contribution in [2.75, 3.05) is 18.0 Å². The first kappa shape index (κ1) is 13.1. The van der Waals surface area contributed by atoms with Gasteiger partial charge in [0.05, 0.1) is 0 Å². The summed E-state index contributed by atoms with van der Waals surface area (Å²) in [5.41, 5.74) is 2.35. The molecule has 1 aromatic rings. The largest absolute Gasteiger partial charge is 0.314 e. The second kappa shape index (κ2) is 6.01. The number of hydrogen-bond donors (Lipinski definition) is 1. The SMILES string of the molecule is CCc1ccccc1N1CCCNC(C)CC1=O. The summed E-state index contributed by atoms with van der Waals surface area (Å²) in [7, 11) is 0. The number of amides is 1. The maximum atomic E-state index is 12.3. The lowest BCUT2D eigenvalue weighted by molar-refractivity contribution is -0.119. The van der Waals surface area contributed by atoms with Gasteiger partial charge >= 0.3 is 0 Å². The third kappa shape index (κ3) is 2.91. The second-order valence-corrected chi connectivity index (χ2v) is 4.94. The summed E-state index contributed by atoms with van der Waals surface area (Å²) in [5, 5.41) is 3.37. The average Bonchev–Trinajstić information content (AvgIpc) is 2.36. The van der Waals surface area contributed by atoms with Gasteiger partial charge in [0.25, 0.3) is 0 Å². The van der Waals surface area contributed by atoms with E-state index < -0.39 is 0 Å². The highest BCUT2D eigenvalue weighted by Crippen LogP contribution is 2.23. The lowest BCUT2D eigenvalue weighted by atomic mass is 10.1. The van der Waals surface area contributed by atoms with Gasteiger partial charge in [-0.05, 0) is 37.9 Å². The summed E-state index contributed by atoms with van der Waals surface area (Å²) in [5.74, 6) is 0.232. The molecule has 1 saturated heterocycles. The molecule has 1 fully saturated rings. The van der Waals surface area contributed by atoms with E-state index in [4.69, 9.17) is 0 Å². The van der Waals surface area contributed by atoms with Crippen molar-refractivity contribution in [1.82, 2.24) is 5.32 Å². The minimum Gasteiger partial charge on any atom is -0.314 e. The molecule has 3 heteroatoms. The van der Waals surface area contributed by atoms with Crippen LogP contribution in [-0.4, -0.2) is 25.0 Å². The first-order valence-corrected chi connectivity index (χ1v) is 6.84. The summed E-state index contributed by atoms with van der Waals surface area (Å²) in [4.78, 5) is 14.3. The Morgan fingerprint density at radius 3 is 2.94 bits per heavy atom. The summed E-state index contributed by atoms with van der Waals surface area (Å²) in [6, 6.07) is 8.51. The highest BCUT2D eigenvalue weighted by atomic mass is 16.2. The van der Waals surface area contributed by atoms with E-state index in [9.17, 15) is 4.79 Å². The Morgan fingerprint density at radius 2 is 2.17 bits per heavy atom. The van der Waals surface area contributed by atoms with E-state index >= 15 is 0 Å². The quantitative estimate of drug-likeness (QED) is 0.868. The van der Waals surface area contributed by atoms with Crippen LogP contribution in [0.15, 0.2) is 24.3 Å². The first-order chi connectivity index (χ1) is 8.72. The molecule has 18 heavy (non-hydrogen) atoms. The first-order valence-electron chi connectivity index (χ1n) is 6.84. The molecule has 0 radical (unpaired) electrons. The number of hydrogen-bond acceptors (Lipinski definition) is 2. The van der Waals surface area contributed by atoms with Crippen molar-refractivity contribution in [1.29, 1.82) is 0 Å². The molecule has 1 unspecified atom stereocenters. The molecule has 1 amide bonds. The number of carbonyl (C=O) groups excluding carboxylic acids is 1. The van der Waals surface area contributed by atoms with Crippen molar-refractivity contribution in [2.45, 2.75) is 39.2 Å². The predicted molar refractivity (Wildman–Crippen MR) is 74.9 cm³/mol. The van der Waals surface area contributed by atoms with Crippen molar-refractivity contribution >= 4 is 11.6 Å². The van der Waals surface area contributed by atoms with Crippen LogP contribution in [0.25, 0.3) is 0 Å². The maximum Gasteiger partial charge on any atom is 0.228 e. The Balaban J connectivity index is 2.25. The minimum atomic E-state index is 0.232. The highest BCUT2D eigenvalue weighted by Gasteiger charge is 2.21. The normalized spacial score (nSPS) is 21.6. The Kier molecular flexibility index (Phi) is 4.37.